The summed E-state index contributed by atoms with van der Waals surface area (Å²) in [6.07, 6.45) is 1.88. The van der Waals surface area contributed by atoms with Crippen molar-refractivity contribution in [2.24, 2.45) is 0 Å². The van der Waals surface area contributed by atoms with Gasteiger partial charge in [0.25, 0.3) is 5.91 Å². The van der Waals surface area contributed by atoms with Crippen molar-refractivity contribution in [1.29, 1.82) is 0 Å². The zero-order chi connectivity index (χ0) is 21.6. The van der Waals surface area contributed by atoms with Crippen LogP contribution >= 0.6 is 0 Å². The molecule has 0 aromatic heterocycles. The van der Waals surface area contributed by atoms with E-state index in [1.165, 1.54) is 5.56 Å². The second kappa shape index (κ2) is 9.79. The lowest BCUT2D eigenvalue weighted by Gasteiger charge is -2.32. The standard InChI is InChI=1S/C25H32N2O3/c1-25(2,3)20-11-9-19(10-12-20)24(29)27-16-13-21(14-17-27)26-23(28)15-18-30-22-7-5-4-6-8-22/h4-12,21H,13-18H2,1-3H3,(H,26,28). The number of amides is 2. The highest BCUT2D eigenvalue weighted by Crippen LogP contribution is 2.23. The Balaban J connectivity index is 1.40. The predicted octanol–water partition coefficient (Wildman–Crippen LogP) is 4.17. The van der Waals surface area contributed by atoms with Crippen molar-refractivity contribution in [1.82, 2.24) is 10.2 Å². The van der Waals surface area contributed by atoms with Crippen LogP contribution < -0.4 is 10.1 Å². The van der Waals surface area contributed by atoms with E-state index >= 15 is 0 Å². The Kier molecular flexibility index (Phi) is 7.14. The Morgan fingerprint density at radius 1 is 1.00 bits per heavy atom. The van der Waals surface area contributed by atoms with E-state index in [9.17, 15) is 9.59 Å². The number of likely N-dealkylation sites (tertiary alicyclic amines) is 1. The van der Waals surface area contributed by atoms with Crippen LogP contribution in [0.5, 0.6) is 5.75 Å². The van der Waals surface area contributed by atoms with Crippen LogP contribution in [0.3, 0.4) is 0 Å². The molecule has 1 aliphatic heterocycles. The molecule has 30 heavy (non-hydrogen) atoms. The highest BCUT2D eigenvalue weighted by molar-refractivity contribution is 5.94. The van der Waals surface area contributed by atoms with Crippen molar-refractivity contribution in [3.05, 3.63) is 65.7 Å². The maximum Gasteiger partial charge on any atom is 0.253 e. The molecule has 3 rings (SSSR count). The molecular formula is C25H32N2O3. The highest BCUT2D eigenvalue weighted by atomic mass is 16.5. The molecule has 2 aromatic carbocycles. The van der Waals surface area contributed by atoms with Gasteiger partial charge in [0.15, 0.2) is 0 Å². The van der Waals surface area contributed by atoms with Crippen LogP contribution in [0.4, 0.5) is 0 Å². The second-order valence-electron chi connectivity index (χ2n) is 8.87. The maximum atomic E-state index is 12.8. The molecule has 0 radical (unpaired) electrons. The number of rotatable bonds is 6. The fraction of sp³-hybridized carbons (Fsp3) is 0.440. The molecule has 1 aliphatic rings. The fourth-order valence-electron chi connectivity index (χ4n) is 3.60. The first-order chi connectivity index (χ1) is 14.3. The third-order valence-corrected chi connectivity index (χ3v) is 5.49. The Labute approximate surface area is 179 Å². The average Bonchev–Trinajstić information content (AvgIpc) is 2.74. The average molecular weight is 409 g/mol. The van der Waals surface area contributed by atoms with Crippen molar-refractivity contribution < 1.29 is 14.3 Å². The van der Waals surface area contributed by atoms with E-state index in [4.69, 9.17) is 4.74 Å². The second-order valence-corrected chi connectivity index (χ2v) is 8.87. The summed E-state index contributed by atoms with van der Waals surface area (Å²) in [5, 5.41) is 3.07. The van der Waals surface area contributed by atoms with E-state index < -0.39 is 0 Å². The minimum atomic E-state index is -0.00604. The summed E-state index contributed by atoms with van der Waals surface area (Å²) in [4.78, 5) is 26.8. The van der Waals surface area contributed by atoms with Gasteiger partial charge in [-0.3, -0.25) is 9.59 Å². The number of nitrogens with zero attached hydrogens (tertiary/aromatic N) is 1. The number of carbonyl (C=O) groups is 2. The predicted molar refractivity (Wildman–Crippen MR) is 119 cm³/mol. The minimum absolute atomic E-state index is 0.00604. The van der Waals surface area contributed by atoms with Crippen LogP contribution in [0.15, 0.2) is 54.6 Å². The number of ether oxygens (including phenoxy) is 1. The van der Waals surface area contributed by atoms with Gasteiger partial charge in [0.2, 0.25) is 5.91 Å². The van der Waals surface area contributed by atoms with Crippen molar-refractivity contribution in [3.63, 3.8) is 0 Å². The van der Waals surface area contributed by atoms with Crippen LogP contribution in [0.25, 0.3) is 0 Å². The molecule has 2 aromatic rings. The summed E-state index contributed by atoms with van der Waals surface area (Å²) in [5.41, 5.74) is 2.02. The number of para-hydroxylation sites is 1. The van der Waals surface area contributed by atoms with Gasteiger partial charge in [-0.2, -0.15) is 0 Å². The molecule has 0 spiro atoms. The summed E-state index contributed by atoms with van der Waals surface area (Å²) in [6, 6.07) is 17.5. The third-order valence-electron chi connectivity index (χ3n) is 5.49. The minimum Gasteiger partial charge on any atom is -0.493 e. The zero-order valence-corrected chi connectivity index (χ0v) is 18.2. The van der Waals surface area contributed by atoms with Crippen LogP contribution in [0, 0.1) is 0 Å². The van der Waals surface area contributed by atoms with E-state index in [1.807, 2.05) is 59.5 Å². The quantitative estimate of drug-likeness (QED) is 0.780. The van der Waals surface area contributed by atoms with Gasteiger partial charge in [-0.05, 0) is 48.1 Å². The van der Waals surface area contributed by atoms with Crippen molar-refractivity contribution in [2.45, 2.75) is 51.5 Å². The molecule has 5 nitrogen and oxygen atoms in total. The summed E-state index contributed by atoms with van der Waals surface area (Å²) in [7, 11) is 0. The third kappa shape index (κ3) is 6.09. The Hall–Kier alpha value is -2.82. The van der Waals surface area contributed by atoms with E-state index in [-0.39, 0.29) is 23.3 Å². The first-order valence-corrected chi connectivity index (χ1v) is 10.7. The van der Waals surface area contributed by atoms with Crippen LogP contribution in [0.2, 0.25) is 0 Å². The summed E-state index contributed by atoms with van der Waals surface area (Å²) < 4.78 is 5.58. The molecule has 0 atom stereocenters. The summed E-state index contributed by atoms with van der Waals surface area (Å²) >= 11 is 0. The highest BCUT2D eigenvalue weighted by Gasteiger charge is 2.25. The lowest BCUT2D eigenvalue weighted by molar-refractivity contribution is -0.122. The van der Waals surface area contributed by atoms with Gasteiger partial charge < -0.3 is 15.0 Å². The van der Waals surface area contributed by atoms with Crippen molar-refractivity contribution >= 4 is 11.8 Å². The SMILES string of the molecule is CC(C)(C)c1ccc(C(=O)N2CCC(NC(=O)CCOc3ccccc3)CC2)cc1. The van der Waals surface area contributed by atoms with Crippen molar-refractivity contribution in [2.75, 3.05) is 19.7 Å². The van der Waals surface area contributed by atoms with Crippen LogP contribution in [0.1, 0.15) is 56.0 Å². The van der Waals surface area contributed by atoms with E-state index in [2.05, 4.69) is 26.1 Å². The molecule has 1 saturated heterocycles. The number of hydrogen-bond donors (Lipinski definition) is 1. The van der Waals surface area contributed by atoms with Gasteiger partial charge in [0.05, 0.1) is 13.0 Å². The lowest BCUT2D eigenvalue weighted by Crippen LogP contribution is -2.46. The molecule has 1 N–H and O–H groups in total. The lowest BCUT2D eigenvalue weighted by atomic mass is 9.86. The largest absolute Gasteiger partial charge is 0.493 e. The number of benzene rings is 2. The molecule has 1 heterocycles. The molecule has 0 aliphatic carbocycles. The fourth-order valence-corrected chi connectivity index (χ4v) is 3.60. The molecule has 0 unspecified atom stereocenters. The van der Waals surface area contributed by atoms with E-state index in [0.29, 0.717) is 26.1 Å². The Morgan fingerprint density at radius 2 is 1.63 bits per heavy atom. The van der Waals surface area contributed by atoms with Gasteiger partial charge in [-0.15, -0.1) is 0 Å². The smallest absolute Gasteiger partial charge is 0.253 e. The molecule has 1 fully saturated rings. The maximum absolute atomic E-state index is 12.8. The van der Waals surface area contributed by atoms with Crippen LogP contribution in [-0.4, -0.2) is 42.5 Å². The van der Waals surface area contributed by atoms with E-state index in [1.54, 1.807) is 0 Å². The topological polar surface area (TPSA) is 58.6 Å². The molecule has 160 valence electrons. The number of piperidine rings is 1. The van der Waals surface area contributed by atoms with Crippen LogP contribution in [-0.2, 0) is 10.2 Å². The number of hydrogen-bond acceptors (Lipinski definition) is 3. The molecule has 0 bridgehead atoms. The zero-order valence-electron chi connectivity index (χ0n) is 18.2. The normalized spacial score (nSPS) is 15.0. The van der Waals surface area contributed by atoms with Crippen molar-refractivity contribution in [3.8, 4) is 5.75 Å². The molecule has 5 heteroatoms. The van der Waals surface area contributed by atoms with Gasteiger partial charge in [-0.25, -0.2) is 0 Å². The molecular weight excluding hydrogens is 376 g/mol. The first-order valence-electron chi connectivity index (χ1n) is 10.7. The van der Waals surface area contributed by atoms with Gasteiger partial charge in [-0.1, -0.05) is 51.1 Å². The monoisotopic (exact) mass is 408 g/mol. The first kappa shape index (κ1) is 21.9. The summed E-state index contributed by atoms with van der Waals surface area (Å²) in [5.74, 6) is 0.831. The number of carbonyl (C=O) groups excluding carboxylic acids is 2. The van der Waals surface area contributed by atoms with E-state index in [0.717, 1.165) is 24.2 Å². The Bertz CT molecular complexity index is 833. The van der Waals surface area contributed by atoms with Gasteiger partial charge in [0.1, 0.15) is 5.75 Å². The number of nitrogens with one attached hydrogen (secondary N) is 1. The molecule has 0 saturated carbocycles. The molecule has 2 amide bonds. The summed E-state index contributed by atoms with van der Waals surface area (Å²) in [6.45, 7) is 8.17. The van der Waals surface area contributed by atoms with Gasteiger partial charge >= 0.3 is 0 Å². The van der Waals surface area contributed by atoms with Gasteiger partial charge in [0, 0.05) is 24.7 Å². The Morgan fingerprint density at radius 3 is 2.23 bits per heavy atom.